The quantitative estimate of drug-likeness (QED) is 0.921. The third kappa shape index (κ3) is 4.11. The molecule has 0 aliphatic carbocycles. The molecule has 4 nitrogen and oxygen atoms in total. The fraction of sp³-hybridized carbons (Fsp3) is 0.143. The van der Waals surface area contributed by atoms with Crippen molar-refractivity contribution >= 4 is 33.2 Å². The van der Waals surface area contributed by atoms with Crippen LogP contribution in [0.3, 0.4) is 0 Å². The van der Waals surface area contributed by atoms with E-state index < -0.39 is 10.0 Å². The maximum Gasteiger partial charge on any atom is 0.238 e. The maximum absolute atomic E-state index is 11.3. The first-order valence-corrected chi connectivity index (χ1v) is 8.28. The number of nitrogens with two attached hydrogens (primary N) is 1. The zero-order valence-electron chi connectivity index (χ0n) is 11.1. The van der Waals surface area contributed by atoms with Crippen LogP contribution in [0.1, 0.15) is 11.1 Å². The van der Waals surface area contributed by atoms with E-state index >= 15 is 0 Å². The smallest absolute Gasteiger partial charge is 0.238 e. The van der Waals surface area contributed by atoms with Crippen LogP contribution in [0.25, 0.3) is 0 Å². The summed E-state index contributed by atoms with van der Waals surface area (Å²) in [7, 11) is -3.72. The van der Waals surface area contributed by atoms with Gasteiger partial charge in [-0.1, -0.05) is 29.3 Å². The van der Waals surface area contributed by atoms with E-state index in [4.69, 9.17) is 33.1 Å². The first-order chi connectivity index (χ1) is 9.77. The van der Waals surface area contributed by atoms with Crippen molar-refractivity contribution in [2.24, 2.45) is 5.14 Å². The van der Waals surface area contributed by atoms with Gasteiger partial charge in [0, 0.05) is 0 Å². The maximum atomic E-state index is 11.3. The van der Waals surface area contributed by atoms with Crippen molar-refractivity contribution in [1.29, 1.82) is 0 Å². The molecule has 0 radical (unpaired) electrons. The molecule has 7 heteroatoms. The van der Waals surface area contributed by atoms with E-state index in [2.05, 4.69) is 0 Å². The normalized spacial score (nSPS) is 11.4. The van der Waals surface area contributed by atoms with E-state index in [1.165, 1.54) is 6.07 Å². The summed E-state index contributed by atoms with van der Waals surface area (Å²) < 4.78 is 28.2. The topological polar surface area (TPSA) is 69.4 Å². The Labute approximate surface area is 133 Å². The highest BCUT2D eigenvalue weighted by Crippen LogP contribution is 2.24. The number of ether oxygens (including phenoxy) is 1. The lowest BCUT2D eigenvalue weighted by atomic mass is 10.2. The van der Waals surface area contributed by atoms with Gasteiger partial charge in [-0.15, -0.1) is 0 Å². The van der Waals surface area contributed by atoms with Gasteiger partial charge >= 0.3 is 0 Å². The second-order valence-electron chi connectivity index (χ2n) is 4.51. The van der Waals surface area contributed by atoms with Crippen molar-refractivity contribution in [3.63, 3.8) is 0 Å². The van der Waals surface area contributed by atoms with Crippen LogP contribution in [0, 0.1) is 6.92 Å². The molecule has 0 aliphatic rings. The summed E-state index contributed by atoms with van der Waals surface area (Å²) in [6.45, 7) is 1.96. The molecule has 2 aromatic rings. The Kier molecular flexibility index (Phi) is 4.78. The lowest BCUT2D eigenvalue weighted by Crippen LogP contribution is -2.13. The van der Waals surface area contributed by atoms with Gasteiger partial charge in [0.1, 0.15) is 12.4 Å². The molecular formula is C14H13Cl2NO3S. The minimum absolute atomic E-state index is 0.0874. The molecule has 2 rings (SSSR count). The SMILES string of the molecule is Cc1cc(OCc2ccc(Cl)c(Cl)c2)ccc1S(N)(=O)=O. The predicted octanol–water partition coefficient (Wildman–Crippen LogP) is 3.53. The lowest BCUT2D eigenvalue weighted by Gasteiger charge is -2.09. The van der Waals surface area contributed by atoms with Crippen molar-refractivity contribution in [3.8, 4) is 5.75 Å². The predicted molar refractivity (Wildman–Crippen MR) is 83.3 cm³/mol. The van der Waals surface area contributed by atoms with Crippen LogP contribution in [0.4, 0.5) is 0 Å². The van der Waals surface area contributed by atoms with Gasteiger partial charge in [0.05, 0.1) is 14.9 Å². The van der Waals surface area contributed by atoms with Crippen molar-refractivity contribution in [3.05, 3.63) is 57.6 Å². The summed E-state index contributed by atoms with van der Waals surface area (Å²) >= 11 is 11.8. The van der Waals surface area contributed by atoms with E-state index in [1.54, 1.807) is 37.3 Å². The summed E-state index contributed by atoms with van der Waals surface area (Å²) in [5.74, 6) is 0.547. The minimum Gasteiger partial charge on any atom is -0.489 e. The van der Waals surface area contributed by atoms with Crippen LogP contribution in [-0.4, -0.2) is 8.42 Å². The summed E-state index contributed by atoms with van der Waals surface area (Å²) in [5, 5.41) is 6.05. The van der Waals surface area contributed by atoms with E-state index in [-0.39, 0.29) is 4.90 Å². The number of aryl methyl sites for hydroxylation is 1. The first-order valence-electron chi connectivity index (χ1n) is 5.97. The highest BCUT2D eigenvalue weighted by atomic mass is 35.5. The van der Waals surface area contributed by atoms with Gasteiger partial charge in [0.2, 0.25) is 10.0 Å². The molecule has 0 unspecified atom stereocenters. The van der Waals surface area contributed by atoms with Crippen molar-refractivity contribution in [2.45, 2.75) is 18.4 Å². The molecule has 2 N–H and O–H groups in total. The Balaban J connectivity index is 2.14. The Hall–Kier alpha value is -1.27. The first kappa shape index (κ1) is 16.1. The number of hydrogen-bond donors (Lipinski definition) is 1. The Morgan fingerprint density at radius 2 is 1.81 bits per heavy atom. The molecule has 0 bridgehead atoms. The van der Waals surface area contributed by atoms with Crippen molar-refractivity contribution < 1.29 is 13.2 Å². The highest BCUT2D eigenvalue weighted by molar-refractivity contribution is 7.89. The van der Waals surface area contributed by atoms with E-state index in [0.29, 0.717) is 28.0 Å². The van der Waals surface area contributed by atoms with Crippen molar-refractivity contribution in [1.82, 2.24) is 0 Å². The fourth-order valence-electron chi connectivity index (χ4n) is 1.83. The average molecular weight is 346 g/mol. The van der Waals surface area contributed by atoms with E-state index in [9.17, 15) is 8.42 Å². The van der Waals surface area contributed by atoms with Crippen LogP contribution < -0.4 is 9.88 Å². The molecule has 112 valence electrons. The molecule has 0 heterocycles. The largest absolute Gasteiger partial charge is 0.489 e. The lowest BCUT2D eigenvalue weighted by molar-refractivity contribution is 0.306. The summed E-state index contributed by atoms with van der Waals surface area (Å²) in [4.78, 5) is 0.0874. The highest BCUT2D eigenvalue weighted by Gasteiger charge is 2.12. The molecular weight excluding hydrogens is 333 g/mol. The number of halogens is 2. The van der Waals surface area contributed by atoms with Crippen LogP contribution in [0.2, 0.25) is 10.0 Å². The Morgan fingerprint density at radius 1 is 1.10 bits per heavy atom. The Morgan fingerprint density at radius 3 is 2.38 bits per heavy atom. The molecule has 0 spiro atoms. The monoisotopic (exact) mass is 345 g/mol. The van der Waals surface area contributed by atoms with E-state index in [1.807, 2.05) is 0 Å². The van der Waals surface area contributed by atoms with Gasteiger partial charge in [-0.3, -0.25) is 0 Å². The molecule has 0 saturated heterocycles. The third-order valence-corrected chi connectivity index (χ3v) is 4.65. The minimum atomic E-state index is -3.72. The van der Waals surface area contributed by atoms with Gasteiger partial charge in [-0.25, -0.2) is 13.6 Å². The third-order valence-electron chi connectivity index (χ3n) is 2.84. The number of benzene rings is 2. The average Bonchev–Trinajstić information content (AvgIpc) is 2.39. The van der Waals surface area contributed by atoms with E-state index in [0.717, 1.165) is 5.56 Å². The molecule has 21 heavy (non-hydrogen) atoms. The molecule has 0 amide bonds. The Bertz CT molecular complexity index is 776. The fourth-order valence-corrected chi connectivity index (χ4v) is 2.91. The number of hydrogen-bond acceptors (Lipinski definition) is 3. The zero-order valence-corrected chi connectivity index (χ0v) is 13.5. The van der Waals surface area contributed by atoms with Crippen LogP contribution in [0.15, 0.2) is 41.3 Å². The number of sulfonamides is 1. The van der Waals surface area contributed by atoms with Crippen LogP contribution in [-0.2, 0) is 16.6 Å². The van der Waals surface area contributed by atoms with Gasteiger partial charge in [0.15, 0.2) is 0 Å². The van der Waals surface area contributed by atoms with Gasteiger partial charge in [-0.05, 0) is 48.4 Å². The molecule has 2 aromatic carbocycles. The molecule has 0 fully saturated rings. The van der Waals surface area contributed by atoms with Gasteiger partial charge in [0.25, 0.3) is 0 Å². The van der Waals surface area contributed by atoms with Crippen molar-refractivity contribution in [2.75, 3.05) is 0 Å². The second-order valence-corrected chi connectivity index (χ2v) is 6.85. The van der Waals surface area contributed by atoms with Crippen LogP contribution in [0.5, 0.6) is 5.75 Å². The summed E-state index contributed by atoms with van der Waals surface area (Å²) in [6, 6.07) is 9.82. The molecule has 0 aromatic heterocycles. The number of rotatable bonds is 4. The molecule has 0 saturated carbocycles. The number of primary sulfonamides is 1. The molecule has 0 atom stereocenters. The summed E-state index contributed by atoms with van der Waals surface area (Å²) in [6.07, 6.45) is 0. The van der Waals surface area contributed by atoms with Gasteiger partial charge < -0.3 is 4.74 Å². The standard InChI is InChI=1S/C14H13Cl2NO3S/c1-9-6-11(3-5-14(9)21(17,18)19)20-8-10-2-4-12(15)13(16)7-10/h2-7H,8H2,1H3,(H2,17,18,19). The van der Waals surface area contributed by atoms with Gasteiger partial charge in [-0.2, -0.15) is 0 Å². The second kappa shape index (κ2) is 6.23. The zero-order chi connectivity index (χ0) is 15.6. The molecule has 0 aliphatic heterocycles. The van der Waals surface area contributed by atoms with Crippen LogP contribution >= 0.6 is 23.2 Å². The summed E-state index contributed by atoms with van der Waals surface area (Å²) in [5.41, 5.74) is 1.39.